The predicted octanol–water partition coefficient (Wildman–Crippen LogP) is 3.39. The minimum atomic E-state index is 0.568. The van der Waals surface area contributed by atoms with Crippen LogP contribution in [0.3, 0.4) is 0 Å². The topological polar surface area (TPSA) is 15.3 Å². The molecule has 0 aromatic heterocycles. The van der Waals surface area contributed by atoms with E-state index in [0.29, 0.717) is 12.1 Å². The lowest BCUT2D eigenvalue weighted by molar-refractivity contribution is 0.192. The zero-order chi connectivity index (χ0) is 14.4. The fraction of sp³-hybridized carbons (Fsp3) is 0.667. The molecule has 112 valence electrons. The summed E-state index contributed by atoms with van der Waals surface area (Å²) in [6.07, 6.45) is 5.03. The zero-order valence-corrected chi connectivity index (χ0v) is 13.4. The van der Waals surface area contributed by atoms with Crippen molar-refractivity contribution in [3.05, 3.63) is 35.4 Å². The molecular formula is C18H30N2. The van der Waals surface area contributed by atoms with Crippen LogP contribution in [0.5, 0.6) is 0 Å². The Bertz CT molecular complexity index is 394. The fourth-order valence-corrected chi connectivity index (χ4v) is 3.27. The van der Waals surface area contributed by atoms with Crippen LogP contribution in [0.25, 0.3) is 0 Å². The van der Waals surface area contributed by atoms with Crippen molar-refractivity contribution < 1.29 is 0 Å². The second-order valence-corrected chi connectivity index (χ2v) is 6.31. The molecule has 1 fully saturated rings. The lowest BCUT2D eigenvalue weighted by atomic mass is 9.99. The lowest BCUT2D eigenvalue weighted by Gasteiger charge is -2.33. The highest BCUT2D eigenvalue weighted by molar-refractivity contribution is 5.26. The van der Waals surface area contributed by atoms with Gasteiger partial charge in [-0.3, -0.25) is 0 Å². The van der Waals surface area contributed by atoms with E-state index in [9.17, 15) is 0 Å². The Kier molecular flexibility index (Phi) is 6.06. The molecule has 20 heavy (non-hydrogen) atoms. The molecular weight excluding hydrogens is 244 g/mol. The first-order chi connectivity index (χ1) is 9.69. The molecule has 1 saturated heterocycles. The number of nitrogens with one attached hydrogen (secondary N) is 1. The minimum absolute atomic E-state index is 0.568. The molecule has 1 aliphatic rings. The number of likely N-dealkylation sites (tertiary alicyclic amines) is 1. The lowest BCUT2D eigenvalue weighted by Crippen LogP contribution is -2.46. The molecule has 2 heteroatoms. The van der Waals surface area contributed by atoms with Gasteiger partial charge in [-0.05, 0) is 70.3 Å². The van der Waals surface area contributed by atoms with Gasteiger partial charge in [0.05, 0.1) is 0 Å². The van der Waals surface area contributed by atoms with Gasteiger partial charge >= 0.3 is 0 Å². The maximum absolute atomic E-state index is 3.83. The molecule has 1 heterocycles. The average Bonchev–Trinajstić information content (AvgIpc) is 2.44. The van der Waals surface area contributed by atoms with Crippen molar-refractivity contribution >= 4 is 0 Å². The Balaban J connectivity index is 1.75. The predicted molar refractivity (Wildman–Crippen MR) is 87.2 cm³/mol. The third kappa shape index (κ3) is 4.60. The van der Waals surface area contributed by atoms with Crippen LogP contribution in [0.15, 0.2) is 24.3 Å². The maximum Gasteiger partial charge on any atom is 0.00940 e. The first-order valence-electron chi connectivity index (χ1n) is 8.22. The van der Waals surface area contributed by atoms with Gasteiger partial charge in [0, 0.05) is 12.1 Å². The fourth-order valence-electron chi connectivity index (χ4n) is 3.27. The smallest absolute Gasteiger partial charge is 0.00940 e. The van der Waals surface area contributed by atoms with Crippen molar-refractivity contribution in [2.75, 3.05) is 19.6 Å². The van der Waals surface area contributed by atoms with Crippen LogP contribution < -0.4 is 5.32 Å². The zero-order valence-electron chi connectivity index (χ0n) is 13.4. The van der Waals surface area contributed by atoms with E-state index < -0.39 is 0 Å². The van der Waals surface area contributed by atoms with Crippen LogP contribution in [0.1, 0.15) is 44.2 Å². The molecule has 1 unspecified atom stereocenters. The first kappa shape index (κ1) is 15.5. The Labute approximate surface area is 124 Å². The Morgan fingerprint density at radius 2 is 1.95 bits per heavy atom. The van der Waals surface area contributed by atoms with Crippen LogP contribution >= 0.6 is 0 Å². The molecule has 1 N–H and O–H groups in total. The third-order valence-electron chi connectivity index (χ3n) is 4.43. The van der Waals surface area contributed by atoms with Gasteiger partial charge in [-0.15, -0.1) is 0 Å². The van der Waals surface area contributed by atoms with E-state index in [1.165, 1.54) is 50.0 Å². The highest BCUT2D eigenvalue weighted by atomic mass is 15.1. The maximum atomic E-state index is 3.83. The van der Waals surface area contributed by atoms with Gasteiger partial charge in [-0.25, -0.2) is 0 Å². The molecule has 0 spiro atoms. The molecule has 1 aromatic carbocycles. The minimum Gasteiger partial charge on any atom is -0.311 e. The summed E-state index contributed by atoms with van der Waals surface area (Å²) in [5, 5.41) is 3.83. The number of aryl methyl sites for hydroxylation is 1. The van der Waals surface area contributed by atoms with Crippen molar-refractivity contribution in [1.82, 2.24) is 10.2 Å². The molecule has 1 aromatic rings. The van der Waals surface area contributed by atoms with Gasteiger partial charge < -0.3 is 10.2 Å². The molecule has 0 saturated carbocycles. The summed E-state index contributed by atoms with van der Waals surface area (Å²) < 4.78 is 0. The highest BCUT2D eigenvalue weighted by Crippen LogP contribution is 2.14. The van der Waals surface area contributed by atoms with E-state index in [-0.39, 0.29) is 0 Å². The van der Waals surface area contributed by atoms with Crippen molar-refractivity contribution in [3.63, 3.8) is 0 Å². The molecule has 0 bridgehead atoms. The third-order valence-corrected chi connectivity index (χ3v) is 4.43. The summed E-state index contributed by atoms with van der Waals surface area (Å²) in [7, 11) is 0. The molecule has 0 amide bonds. The molecule has 0 aliphatic carbocycles. The summed E-state index contributed by atoms with van der Waals surface area (Å²) in [4.78, 5) is 2.60. The Morgan fingerprint density at radius 1 is 1.25 bits per heavy atom. The molecule has 1 atom stereocenters. The summed E-state index contributed by atoms with van der Waals surface area (Å²) in [5.41, 5.74) is 2.90. The van der Waals surface area contributed by atoms with Crippen LogP contribution in [0.4, 0.5) is 0 Å². The summed E-state index contributed by atoms with van der Waals surface area (Å²) in [6, 6.07) is 10.0. The van der Waals surface area contributed by atoms with E-state index in [1.807, 2.05) is 0 Å². The number of piperidine rings is 1. The number of rotatable bonds is 6. The van der Waals surface area contributed by atoms with Crippen molar-refractivity contribution in [1.29, 1.82) is 0 Å². The van der Waals surface area contributed by atoms with Gasteiger partial charge in [0.2, 0.25) is 0 Å². The Hall–Kier alpha value is -0.860. The molecule has 0 radical (unpaired) electrons. The summed E-state index contributed by atoms with van der Waals surface area (Å²) >= 11 is 0. The quantitative estimate of drug-likeness (QED) is 0.855. The van der Waals surface area contributed by atoms with Crippen LogP contribution in [0.2, 0.25) is 0 Å². The first-order valence-corrected chi connectivity index (χ1v) is 8.22. The van der Waals surface area contributed by atoms with E-state index >= 15 is 0 Å². The molecule has 2 rings (SSSR count). The van der Waals surface area contributed by atoms with Gasteiger partial charge in [0.25, 0.3) is 0 Å². The monoisotopic (exact) mass is 274 g/mol. The summed E-state index contributed by atoms with van der Waals surface area (Å²) in [6.45, 7) is 10.6. The summed E-state index contributed by atoms with van der Waals surface area (Å²) in [5.74, 6) is 0. The average molecular weight is 274 g/mol. The van der Waals surface area contributed by atoms with Gasteiger partial charge in [0.15, 0.2) is 0 Å². The van der Waals surface area contributed by atoms with E-state index in [4.69, 9.17) is 0 Å². The molecule has 1 aliphatic heterocycles. The van der Waals surface area contributed by atoms with E-state index in [0.717, 1.165) is 6.42 Å². The Morgan fingerprint density at radius 3 is 2.60 bits per heavy atom. The van der Waals surface area contributed by atoms with E-state index in [1.54, 1.807) is 0 Å². The number of nitrogens with zero attached hydrogens (tertiary/aromatic N) is 1. The molecule has 2 nitrogen and oxygen atoms in total. The second kappa shape index (κ2) is 7.80. The van der Waals surface area contributed by atoms with Crippen molar-refractivity contribution in [2.24, 2.45) is 0 Å². The largest absolute Gasteiger partial charge is 0.311 e. The number of hydrogen-bond acceptors (Lipinski definition) is 2. The SMILES string of the molecule is CCCN1CCC(NC(C)Cc2ccccc2C)CC1. The number of benzene rings is 1. The highest BCUT2D eigenvalue weighted by Gasteiger charge is 2.19. The second-order valence-electron chi connectivity index (χ2n) is 6.31. The van der Waals surface area contributed by atoms with Gasteiger partial charge in [0.1, 0.15) is 0 Å². The van der Waals surface area contributed by atoms with Gasteiger partial charge in [-0.2, -0.15) is 0 Å². The van der Waals surface area contributed by atoms with Crippen molar-refractivity contribution in [2.45, 2.75) is 58.5 Å². The van der Waals surface area contributed by atoms with Crippen molar-refractivity contribution in [3.8, 4) is 0 Å². The normalized spacial score (nSPS) is 19.1. The van der Waals surface area contributed by atoms with E-state index in [2.05, 4.69) is 55.3 Å². The van der Waals surface area contributed by atoms with Crippen LogP contribution in [-0.4, -0.2) is 36.6 Å². The number of hydrogen-bond donors (Lipinski definition) is 1. The standard InChI is InChI=1S/C18H30N2/c1-4-11-20-12-9-18(10-13-20)19-16(3)14-17-8-6-5-7-15(17)2/h5-8,16,18-19H,4,9-14H2,1-3H3. The van der Waals surface area contributed by atoms with Gasteiger partial charge in [-0.1, -0.05) is 31.2 Å². The van der Waals surface area contributed by atoms with Crippen LogP contribution in [0, 0.1) is 6.92 Å². The van der Waals surface area contributed by atoms with Crippen LogP contribution in [-0.2, 0) is 6.42 Å².